The van der Waals surface area contributed by atoms with Crippen LogP contribution in [0.5, 0.6) is 5.75 Å². The number of rotatable bonds is 4. The molecule has 0 spiro atoms. The highest BCUT2D eigenvalue weighted by atomic mass is 35.5. The Hall–Kier alpha value is -2.10. The molecule has 2 aromatic carbocycles. The van der Waals surface area contributed by atoms with Gasteiger partial charge in [0.2, 0.25) is 0 Å². The lowest BCUT2D eigenvalue weighted by molar-refractivity contribution is -0.117. The molecule has 2 aliphatic rings. The average molecular weight is 469 g/mol. The van der Waals surface area contributed by atoms with Crippen LogP contribution >= 0.6 is 23.4 Å². The van der Waals surface area contributed by atoms with Crippen molar-refractivity contribution < 1.29 is 22.3 Å². The molecule has 0 N–H and O–H groups in total. The molecule has 0 bridgehead atoms. The molecule has 0 unspecified atom stereocenters. The molecule has 10 heteroatoms. The molecule has 2 aliphatic heterocycles. The van der Waals surface area contributed by atoms with E-state index < -0.39 is 21.7 Å². The Morgan fingerprint density at radius 3 is 2.67 bits per heavy atom. The summed E-state index contributed by atoms with van der Waals surface area (Å²) < 4.78 is 43.4. The molecule has 4 rings (SSSR count). The van der Waals surface area contributed by atoms with Crippen molar-refractivity contribution in [3.05, 3.63) is 58.9 Å². The predicted molar refractivity (Wildman–Crippen MR) is 117 cm³/mol. The Morgan fingerprint density at radius 2 is 2.00 bits per heavy atom. The predicted octanol–water partition coefficient (Wildman–Crippen LogP) is 3.33. The third-order valence-electron chi connectivity index (χ3n) is 4.98. The Kier molecular flexibility index (Phi) is 5.78. The molecule has 0 aromatic heterocycles. The van der Waals surface area contributed by atoms with Crippen LogP contribution in [0.25, 0.3) is 0 Å². The quantitative estimate of drug-likeness (QED) is 0.685. The number of benzene rings is 2. The zero-order valence-corrected chi connectivity index (χ0v) is 18.3. The van der Waals surface area contributed by atoms with E-state index in [0.717, 1.165) is 5.56 Å². The molecule has 2 aromatic rings. The first-order chi connectivity index (χ1) is 14.3. The van der Waals surface area contributed by atoms with Crippen LogP contribution in [0, 0.1) is 5.82 Å². The number of aliphatic imine (C=N–C) groups is 1. The van der Waals surface area contributed by atoms with E-state index in [9.17, 15) is 17.6 Å². The number of nitrogens with zero attached hydrogens (tertiary/aromatic N) is 2. The summed E-state index contributed by atoms with van der Waals surface area (Å²) in [4.78, 5) is 18.5. The summed E-state index contributed by atoms with van der Waals surface area (Å²) in [5.41, 5.74) is 1.20. The number of methoxy groups -OCH3 is 1. The summed E-state index contributed by atoms with van der Waals surface area (Å²) in [7, 11) is -1.64. The first kappa shape index (κ1) is 21.1. The van der Waals surface area contributed by atoms with Gasteiger partial charge in [-0.05, 0) is 35.9 Å². The number of amidine groups is 1. The van der Waals surface area contributed by atoms with Crippen molar-refractivity contribution in [1.29, 1.82) is 0 Å². The molecule has 1 amide bonds. The van der Waals surface area contributed by atoms with E-state index in [1.807, 2.05) is 0 Å². The van der Waals surface area contributed by atoms with E-state index >= 15 is 0 Å². The third-order valence-corrected chi connectivity index (χ3v) is 8.50. The maximum absolute atomic E-state index is 14.1. The first-order valence-electron chi connectivity index (χ1n) is 9.11. The molecular formula is C20H18ClFN2O4S2. The van der Waals surface area contributed by atoms with E-state index in [0.29, 0.717) is 16.6 Å². The van der Waals surface area contributed by atoms with Gasteiger partial charge in [0, 0.05) is 10.9 Å². The Morgan fingerprint density at radius 1 is 1.27 bits per heavy atom. The van der Waals surface area contributed by atoms with E-state index in [2.05, 4.69) is 4.99 Å². The van der Waals surface area contributed by atoms with Gasteiger partial charge in [-0.2, -0.15) is 4.99 Å². The van der Waals surface area contributed by atoms with Gasteiger partial charge in [0.05, 0.1) is 36.1 Å². The Labute approximate surface area is 183 Å². The number of ether oxygens (including phenoxy) is 1. The van der Waals surface area contributed by atoms with Crippen molar-refractivity contribution in [3.63, 3.8) is 0 Å². The lowest BCUT2D eigenvalue weighted by Crippen LogP contribution is -2.37. The van der Waals surface area contributed by atoms with Gasteiger partial charge in [0.15, 0.2) is 15.0 Å². The second kappa shape index (κ2) is 8.20. The lowest BCUT2D eigenvalue weighted by atomic mass is 10.1. The second-order valence-electron chi connectivity index (χ2n) is 7.08. The smallest absolute Gasteiger partial charge is 0.252 e. The fourth-order valence-electron chi connectivity index (χ4n) is 3.57. The maximum Gasteiger partial charge on any atom is 0.252 e. The van der Waals surface area contributed by atoms with E-state index in [-0.39, 0.29) is 34.1 Å². The van der Waals surface area contributed by atoms with Crippen LogP contribution in [0.3, 0.4) is 0 Å². The Bertz CT molecular complexity index is 1120. The van der Waals surface area contributed by atoms with Gasteiger partial charge < -0.3 is 9.64 Å². The number of amides is 1. The number of thioether (sulfide) groups is 1. The van der Waals surface area contributed by atoms with E-state index in [4.69, 9.17) is 16.3 Å². The van der Waals surface area contributed by atoms with Gasteiger partial charge in [-0.25, -0.2) is 12.8 Å². The number of anilines is 1. The van der Waals surface area contributed by atoms with Gasteiger partial charge in [0.25, 0.3) is 5.91 Å². The van der Waals surface area contributed by atoms with Crippen LogP contribution < -0.4 is 9.64 Å². The van der Waals surface area contributed by atoms with Crippen molar-refractivity contribution in [2.24, 2.45) is 4.99 Å². The number of carbonyl (C=O) groups excluding carboxylic acids is 1. The number of hydrogen-bond donors (Lipinski definition) is 0. The highest BCUT2D eigenvalue weighted by Gasteiger charge is 2.49. The minimum Gasteiger partial charge on any atom is -0.497 e. The molecule has 0 aliphatic carbocycles. The van der Waals surface area contributed by atoms with Crippen molar-refractivity contribution in [2.45, 2.75) is 17.7 Å². The van der Waals surface area contributed by atoms with Crippen LogP contribution in [0.15, 0.2) is 47.5 Å². The maximum atomic E-state index is 14.1. The molecule has 2 saturated heterocycles. The monoisotopic (exact) mass is 468 g/mol. The van der Waals surface area contributed by atoms with E-state index in [1.165, 1.54) is 23.9 Å². The molecule has 2 atom stereocenters. The Balaban J connectivity index is 1.62. The molecule has 0 saturated carbocycles. The minimum absolute atomic E-state index is 0.000591. The normalized spacial score (nSPS) is 23.6. The summed E-state index contributed by atoms with van der Waals surface area (Å²) in [6.07, 6.45) is 0.0878. The standard InChI is InChI=1S/C20H18ClFN2O4S2/c1-28-14-5-2-12(3-6-14)8-19(25)23-20-24(13-4-7-15(21)16(22)9-13)17-10-30(26,27)11-18(17)29-20/h2-7,9,17-18H,8,10-11H2,1H3/t17-,18-/m1/s1. The molecule has 2 heterocycles. The van der Waals surface area contributed by atoms with Crippen molar-refractivity contribution in [1.82, 2.24) is 0 Å². The largest absolute Gasteiger partial charge is 0.497 e. The van der Waals surface area contributed by atoms with E-state index in [1.54, 1.807) is 42.3 Å². The molecule has 6 nitrogen and oxygen atoms in total. The summed E-state index contributed by atoms with van der Waals surface area (Å²) >= 11 is 7.03. The number of carbonyl (C=O) groups is 1. The zero-order valence-electron chi connectivity index (χ0n) is 15.9. The van der Waals surface area contributed by atoms with Crippen molar-refractivity contribution >= 4 is 50.0 Å². The average Bonchev–Trinajstić information content (AvgIpc) is 3.15. The number of fused-ring (bicyclic) bond motifs is 1. The SMILES string of the molecule is COc1ccc(CC(=O)N=C2S[C@@H]3CS(=O)(=O)C[C@H]3N2c2ccc(Cl)c(F)c2)cc1. The van der Waals surface area contributed by atoms with Gasteiger partial charge in [-0.3, -0.25) is 4.79 Å². The van der Waals surface area contributed by atoms with Crippen LogP contribution in [0.2, 0.25) is 5.02 Å². The summed E-state index contributed by atoms with van der Waals surface area (Å²) in [5.74, 6) is -0.368. The van der Waals surface area contributed by atoms with Crippen molar-refractivity contribution in [3.8, 4) is 5.75 Å². The molecule has 30 heavy (non-hydrogen) atoms. The second-order valence-corrected chi connectivity index (χ2v) is 10.8. The molecule has 2 fully saturated rings. The fourth-order valence-corrected chi connectivity index (χ4v) is 7.61. The zero-order chi connectivity index (χ0) is 21.5. The highest BCUT2D eigenvalue weighted by Crippen LogP contribution is 2.41. The third kappa shape index (κ3) is 4.33. The summed E-state index contributed by atoms with van der Waals surface area (Å²) in [6, 6.07) is 10.9. The molecule has 0 radical (unpaired) electrons. The van der Waals surface area contributed by atoms with Crippen molar-refractivity contribution in [2.75, 3.05) is 23.5 Å². The topological polar surface area (TPSA) is 76.0 Å². The molecular weight excluding hydrogens is 451 g/mol. The highest BCUT2D eigenvalue weighted by molar-refractivity contribution is 8.16. The summed E-state index contributed by atoms with van der Waals surface area (Å²) in [5, 5.41) is 0.0803. The number of sulfone groups is 1. The van der Waals surface area contributed by atoms with Gasteiger partial charge in [0.1, 0.15) is 11.6 Å². The fraction of sp³-hybridized carbons (Fsp3) is 0.300. The van der Waals surface area contributed by atoms with Crippen LogP contribution in [0.4, 0.5) is 10.1 Å². The molecule has 158 valence electrons. The minimum atomic E-state index is -3.21. The van der Waals surface area contributed by atoms with Gasteiger partial charge in [-0.1, -0.05) is 35.5 Å². The first-order valence-corrected chi connectivity index (χ1v) is 12.2. The number of hydrogen-bond acceptors (Lipinski definition) is 5. The number of halogens is 2. The van der Waals surface area contributed by atoms with Crippen LogP contribution in [0.1, 0.15) is 5.56 Å². The van der Waals surface area contributed by atoms with Gasteiger partial charge >= 0.3 is 0 Å². The van der Waals surface area contributed by atoms with Crippen LogP contribution in [-0.4, -0.2) is 49.4 Å². The van der Waals surface area contributed by atoms with Crippen LogP contribution in [-0.2, 0) is 21.1 Å². The summed E-state index contributed by atoms with van der Waals surface area (Å²) in [6.45, 7) is 0. The lowest BCUT2D eigenvalue weighted by Gasteiger charge is -2.24. The van der Waals surface area contributed by atoms with Gasteiger partial charge in [-0.15, -0.1) is 0 Å².